The molecule has 1 saturated heterocycles. The van der Waals surface area contributed by atoms with Crippen molar-refractivity contribution in [2.75, 3.05) is 13.7 Å². The number of carboxylic acids is 1. The summed E-state index contributed by atoms with van der Waals surface area (Å²) in [5.41, 5.74) is 0.669. The van der Waals surface area contributed by atoms with E-state index in [0.29, 0.717) is 18.7 Å². The van der Waals surface area contributed by atoms with Crippen LogP contribution in [-0.2, 0) is 16.1 Å². The Morgan fingerprint density at radius 2 is 2.40 bits per heavy atom. The molecular formula is C13H17N3O4. The third-order valence-electron chi connectivity index (χ3n) is 3.25. The Morgan fingerprint density at radius 3 is 3.05 bits per heavy atom. The minimum atomic E-state index is -1.01. The van der Waals surface area contributed by atoms with Crippen molar-refractivity contribution in [2.24, 2.45) is 0 Å². The fourth-order valence-corrected chi connectivity index (χ4v) is 2.09. The average Bonchev–Trinajstić information content (AvgIpc) is 2.94. The Labute approximate surface area is 116 Å². The molecule has 1 aliphatic rings. The number of aromatic nitrogens is 1. The van der Waals surface area contributed by atoms with Crippen molar-refractivity contribution in [2.45, 2.75) is 25.1 Å². The number of rotatable bonds is 5. The van der Waals surface area contributed by atoms with Gasteiger partial charge in [0.15, 0.2) is 0 Å². The van der Waals surface area contributed by atoms with Gasteiger partial charge in [-0.05, 0) is 18.6 Å². The van der Waals surface area contributed by atoms with E-state index in [1.165, 1.54) is 18.3 Å². The molecule has 3 N–H and O–H groups in total. The molecule has 0 aromatic carbocycles. The van der Waals surface area contributed by atoms with Crippen LogP contribution in [0.1, 0.15) is 22.5 Å². The van der Waals surface area contributed by atoms with Crippen molar-refractivity contribution in [3.05, 3.63) is 29.6 Å². The maximum absolute atomic E-state index is 11.9. The number of aromatic carboxylic acids is 1. The molecule has 2 atom stereocenters. The van der Waals surface area contributed by atoms with Gasteiger partial charge in [0.2, 0.25) is 5.91 Å². The summed E-state index contributed by atoms with van der Waals surface area (Å²) in [5.74, 6) is -1.15. The van der Waals surface area contributed by atoms with Crippen LogP contribution in [-0.4, -0.2) is 47.8 Å². The summed E-state index contributed by atoms with van der Waals surface area (Å²) in [6.07, 6.45) is 2.10. The zero-order valence-electron chi connectivity index (χ0n) is 11.1. The van der Waals surface area contributed by atoms with Gasteiger partial charge in [0.05, 0.1) is 29.9 Å². The number of nitrogens with one attached hydrogen (secondary N) is 2. The molecule has 7 heteroatoms. The Morgan fingerprint density at radius 1 is 1.60 bits per heavy atom. The normalized spacial score (nSPS) is 21.6. The van der Waals surface area contributed by atoms with Gasteiger partial charge in [-0.15, -0.1) is 0 Å². The molecule has 1 aromatic heterocycles. The van der Waals surface area contributed by atoms with Gasteiger partial charge in [0, 0.05) is 19.9 Å². The van der Waals surface area contributed by atoms with Crippen molar-refractivity contribution < 1.29 is 19.4 Å². The number of carboxylic acid groups (broad SMARTS) is 1. The molecule has 108 valence electrons. The smallest absolute Gasteiger partial charge is 0.335 e. The minimum absolute atomic E-state index is 0.0548. The number of carbonyl (C=O) groups excluding carboxylic acids is 1. The highest BCUT2D eigenvalue weighted by atomic mass is 16.5. The number of hydrogen-bond donors (Lipinski definition) is 3. The number of ether oxygens (including phenoxy) is 1. The summed E-state index contributed by atoms with van der Waals surface area (Å²) in [5, 5.41) is 14.7. The maximum Gasteiger partial charge on any atom is 0.335 e. The van der Waals surface area contributed by atoms with Gasteiger partial charge in [0.1, 0.15) is 0 Å². The Balaban J connectivity index is 1.87. The molecule has 1 fully saturated rings. The van der Waals surface area contributed by atoms with E-state index in [4.69, 9.17) is 9.84 Å². The number of carbonyl (C=O) groups is 2. The third-order valence-corrected chi connectivity index (χ3v) is 3.25. The van der Waals surface area contributed by atoms with E-state index in [2.05, 4.69) is 15.6 Å². The first-order valence-corrected chi connectivity index (χ1v) is 6.32. The molecule has 20 heavy (non-hydrogen) atoms. The lowest BCUT2D eigenvalue weighted by molar-refractivity contribution is -0.123. The molecule has 0 aliphatic carbocycles. The van der Waals surface area contributed by atoms with Crippen LogP contribution in [0.4, 0.5) is 0 Å². The number of nitrogens with zero attached hydrogens (tertiary/aromatic N) is 1. The van der Waals surface area contributed by atoms with Crippen LogP contribution in [0.15, 0.2) is 18.3 Å². The van der Waals surface area contributed by atoms with Gasteiger partial charge >= 0.3 is 5.97 Å². The summed E-state index contributed by atoms with van der Waals surface area (Å²) in [6.45, 7) is 0.858. The molecule has 2 rings (SSSR count). The lowest BCUT2D eigenvalue weighted by Crippen LogP contribution is -2.40. The van der Waals surface area contributed by atoms with E-state index in [-0.39, 0.29) is 30.2 Å². The summed E-state index contributed by atoms with van der Waals surface area (Å²) in [7, 11) is 1.62. The highest BCUT2D eigenvalue weighted by Crippen LogP contribution is 2.09. The zero-order chi connectivity index (χ0) is 14.5. The van der Waals surface area contributed by atoms with Gasteiger partial charge in [-0.3, -0.25) is 9.78 Å². The van der Waals surface area contributed by atoms with E-state index in [9.17, 15) is 9.59 Å². The fraction of sp³-hybridized carbons (Fsp3) is 0.462. The SMILES string of the molecule is COC1CNC(C(=O)NCc2cc(C(=O)O)ccn2)C1. The van der Waals surface area contributed by atoms with E-state index in [1.807, 2.05) is 0 Å². The molecule has 0 spiro atoms. The van der Waals surface area contributed by atoms with Crippen molar-refractivity contribution in [3.8, 4) is 0 Å². The van der Waals surface area contributed by atoms with Crippen LogP contribution in [0.2, 0.25) is 0 Å². The number of hydrogen-bond acceptors (Lipinski definition) is 5. The highest BCUT2D eigenvalue weighted by molar-refractivity contribution is 5.87. The van der Waals surface area contributed by atoms with Crippen LogP contribution in [0.3, 0.4) is 0 Å². The second kappa shape index (κ2) is 6.44. The molecule has 2 unspecified atom stereocenters. The predicted octanol–water partition coefficient (Wildman–Crippen LogP) is -0.227. The van der Waals surface area contributed by atoms with Crippen LogP contribution in [0, 0.1) is 0 Å². The monoisotopic (exact) mass is 279 g/mol. The molecule has 1 aromatic rings. The van der Waals surface area contributed by atoms with Crippen molar-refractivity contribution in [1.29, 1.82) is 0 Å². The average molecular weight is 279 g/mol. The number of amides is 1. The van der Waals surface area contributed by atoms with Gasteiger partial charge in [0.25, 0.3) is 0 Å². The van der Waals surface area contributed by atoms with Gasteiger partial charge in [-0.1, -0.05) is 0 Å². The summed E-state index contributed by atoms with van der Waals surface area (Å²) < 4.78 is 5.18. The van der Waals surface area contributed by atoms with Crippen LogP contribution >= 0.6 is 0 Å². The second-order valence-electron chi connectivity index (χ2n) is 4.61. The molecule has 0 bridgehead atoms. The molecule has 1 aliphatic heterocycles. The van der Waals surface area contributed by atoms with Gasteiger partial charge in [-0.2, -0.15) is 0 Å². The van der Waals surface area contributed by atoms with E-state index in [1.54, 1.807) is 7.11 Å². The maximum atomic E-state index is 11.9. The highest BCUT2D eigenvalue weighted by Gasteiger charge is 2.29. The largest absolute Gasteiger partial charge is 0.478 e. The Bertz CT molecular complexity index is 506. The van der Waals surface area contributed by atoms with Gasteiger partial charge in [-0.25, -0.2) is 4.79 Å². The van der Waals surface area contributed by atoms with Crippen LogP contribution in [0.5, 0.6) is 0 Å². The Kier molecular flexibility index (Phi) is 4.65. The summed E-state index contributed by atoms with van der Waals surface area (Å²) >= 11 is 0. The first-order valence-electron chi connectivity index (χ1n) is 6.32. The first-order chi connectivity index (χ1) is 9.60. The Hall–Kier alpha value is -1.99. The predicted molar refractivity (Wildman–Crippen MR) is 70.2 cm³/mol. The fourth-order valence-electron chi connectivity index (χ4n) is 2.09. The van der Waals surface area contributed by atoms with Crippen molar-refractivity contribution >= 4 is 11.9 Å². The minimum Gasteiger partial charge on any atom is -0.478 e. The van der Waals surface area contributed by atoms with Crippen molar-refractivity contribution in [3.63, 3.8) is 0 Å². The van der Waals surface area contributed by atoms with E-state index >= 15 is 0 Å². The second-order valence-corrected chi connectivity index (χ2v) is 4.61. The van der Waals surface area contributed by atoms with E-state index in [0.717, 1.165) is 0 Å². The topological polar surface area (TPSA) is 101 Å². The van der Waals surface area contributed by atoms with Gasteiger partial charge < -0.3 is 20.5 Å². The lowest BCUT2D eigenvalue weighted by Gasteiger charge is -2.11. The molecule has 0 saturated carbocycles. The van der Waals surface area contributed by atoms with Crippen LogP contribution in [0.25, 0.3) is 0 Å². The molecule has 7 nitrogen and oxygen atoms in total. The van der Waals surface area contributed by atoms with Crippen molar-refractivity contribution in [1.82, 2.24) is 15.6 Å². The quantitative estimate of drug-likeness (QED) is 0.688. The van der Waals surface area contributed by atoms with Crippen LogP contribution < -0.4 is 10.6 Å². The number of methoxy groups -OCH3 is 1. The molecule has 0 radical (unpaired) electrons. The zero-order valence-corrected chi connectivity index (χ0v) is 11.1. The molecule has 2 heterocycles. The number of pyridine rings is 1. The summed E-state index contributed by atoms with van der Waals surface area (Å²) in [4.78, 5) is 26.8. The summed E-state index contributed by atoms with van der Waals surface area (Å²) in [6, 6.07) is 2.58. The molecular weight excluding hydrogens is 262 g/mol. The lowest BCUT2D eigenvalue weighted by atomic mass is 10.2. The molecule has 1 amide bonds. The third kappa shape index (κ3) is 3.52. The standard InChI is InChI=1S/C13H17N3O4/c1-20-10-5-11(15-7-10)12(17)16-6-9-4-8(13(18)19)2-3-14-9/h2-4,10-11,15H,5-7H2,1H3,(H,16,17)(H,18,19). The van der Waals surface area contributed by atoms with E-state index < -0.39 is 5.97 Å². The first kappa shape index (κ1) is 14.4.